The molecule has 7 nitrogen and oxygen atoms in total. The van der Waals surface area contributed by atoms with Gasteiger partial charge in [0.2, 0.25) is 10.0 Å². The van der Waals surface area contributed by atoms with Gasteiger partial charge >= 0.3 is 0 Å². The van der Waals surface area contributed by atoms with Crippen LogP contribution in [0.4, 0.5) is 8.78 Å². The van der Waals surface area contributed by atoms with E-state index in [1.807, 2.05) is 0 Å². The largest absolute Gasteiger partial charge is 0.317 e. The Morgan fingerprint density at radius 1 is 0.949 bits per heavy atom. The van der Waals surface area contributed by atoms with Crippen LogP contribution in [-0.4, -0.2) is 89.1 Å². The number of nitrogens with one attached hydrogen (secondary N) is 1. The fourth-order valence-electron chi connectivity index (χ4n) is 6.67. The second kappa shape index (κ2) is 12.8. The van der Waals surface area contributed by atoms with Crippen molar-refractivity contribution in [3.8, 4) is 0 Å². The van der Waals surface area contributed by atoms with Crippen molar-refractivity contribution < 1.29 is 25.6 Å². The van der Waals surface area contributed by atoms with Gasteiger partial charge < -0.3 is 10.2 Å². The van der Waals surface area contributed by atoms with Crippen LogP contribution in [0.1, 0.15) is 69.8 Å². The summed E-state index contributed by atoms with van der Waals surface area (Å²) in [5.74, 6) is -0.818. The van der Waals surface area contributed by atoms with Gasteiger partial charge in [0.1, 0.15) is 11.6 Å². The summed E-state index contributed by atoms with van der Waals surface area (Å²) in [5.41, 5.74) is 0.648. The second-order valence-corrected chi connectivity index (χ2v) is 16.7. The fourth-order valence-corrected chi connectivity index (χ4v) is 9.61. The summed E-state index contributed by atoms with van der Waals surface area (Å²) in [6, 6.07) is 3.74. The maximum Gasteiger partial charge on any atom is 0.211 e. The standard InChI is InChI=1S/C28H45F2N3O4S2/c1-28(10-18-39(36,37)26-3-11-31-12-4-26)8-16-32(17-9-28)13-7-27(23-19-24(29)21-25(30)20-23)22-5-14-33(15-6-22)38(2,34)35/h19-22,26-27,31H,3-18H2,1-2H3/t27-/m1/s1. The van der Waals surface area contributed by atoms with Crippen LogP contribution in [0.3, 0.4) is 0 Å². The van der Waals surface area contributed by atoms with Crippen molar-refractivity contribution >= 4 is 19.9 Å². The van der Waals surface area contributed by atoms with Crippen LogP contribution < -0.4 is 5.32 Å². The first-order valence-corrected chi connectivity index (χ1v) is 18.0. The molecule has 3 aliphatic rings. The highest BCUT2D eigenvalue weighted by Crippen LogP contribution is 2.39. The van der Waals surface area contributed by atoms with Gasteiger partial charge in [0.25, 0.3) is 0 Å². The molecule has 1 N–H and O–H groups in total. The molecule has 0 saturated carbocycles. The predicted octanol–water partition coefficient (Wildman–Crippen LogP) is 3.77. The molecule has 0 amide bonds. The number of benzene rings is 1. The number of nitrogens with zero attached hydrogens (tertiary/aromatic N) is 2. The van der Waals surface area contributed by atoms with Crippen molar-refractivity contribution in [1.29, 1.82) is 0 Å². The lowest BCUT2D eigenvalue weighted by Gasteiger charge is -2.41. The van der Waals surface area contributed by atoms with E-state index in [9.17, 15) is 25.6 Å². The molecule has 0 radical (unpaired) electrons. The number of likely N-dealkylation sites (tertiary alicyclic amines) is 1. The summed E-state index contributed by atoms with van der Waals surface area (Å²) in [5, 5.41) is 3.02. The topological polar surface area (TPSA) is 86.8 Å². The van der Waals surface area contributed by atoms with E-state index in [4.69, 9.17) is 0 Å². The Balaban J connectivity index is 1.33. The third kappa shape index (κ3) is 8.44. The first-order chi connectivity index (χ1) is 18.3. The van der Waals surface area contributed by atoms with Crippen LogP contribution >= 0.6 is 0 Å². The normalized spacial score (nSPS) is 23.6. The SMILES string of the molecule is CC1(CCS(=O)(=O)C2CCNCC2)CCN(CC[C@@H](c2cc(F)cc(F)c2)C2CCN(S(C)(=O)=O)CC2)CC1. The Bertz CT molecular complexity index is 1150. The Labute approximate surface area is 233 Å². The van der Waals surface area contributed by atoms with Crippen LogP contribution in [-0.2, 0) is 19.9 Å². The number of hydrogen-bond acceptors (Lipinski definition) is 6. The van der Waals surface area contributed by atoms with E-state index in [0.717, 1.165) is 58.1 Å². The van der Waals surface area contributed by atoms with Crippen LogP contribution in [0.15, 0.2) is 18.2 Å². The molecule has 222 valence electrons. The van der Waals surface area contributed by atoms with E-state index in [1.54, 1.807) is 0 Å². The first kappa shape index (κ1) is 30.8. The lowest BCUT2D eigenvalue weighted by atomic mass is 9.77. The monoisotopic (exact) mass is 589 g/mol. The molecular formula is C28H45F2N3O4S2. The molecule has 0 unspecified atom stereocenters. The van der Waals surface area contributed by atoms with E-state index in [2.05, 4.69) is 17.1 Å². The molecule has 0 spiro atoms. The third-order valence-corrected chi connectivity index (χ3v) is 13.0. The summed E-state index contributed by atoms with van der Waals surface area (Å²) in [6.07, 6.45) is 7.26. The summed E-state index contributed by atoms with van der Waals surface area (Å²) in [4.78, 5) is 2.39. The molecule has 1 aromatic rings. The summed E-state index contributed by atoms with van der Waals surface area (Å²) >= 11 is 0. The lowest BCUT2D eigenvalue weighted by molar-refractivity contribution is 0.108. The number of rotatable bonds is 10. The predicted molar refractivity (Wildman–Crippen MR) is 151 cm³/mol. The molecule has 0 bridgehead atoms. The van der Waals surface area contributed by atoms with Gasteiger partial charge in [0.15, 0.2) is 9.84 Å². The molecule has 1 atom stereocenters. The maximum absolute atomic E-state index is 14.1. The zero-order valence-corrected chi connectivity index (χ0v) is 25.0. The van der Waals surface area contributed by atoms with Gasteiger partial charge in [0, 0.05) is 19.2 Å². The van der Waals surface area contributed by atoms with Crippen molar-refractivity contribution in [3.63, 3.8) is 0 Å². The number of sulfonamides is 1. The Morgan fingerprint density at radius 2 is 1.54 bits per heavy atom. The smallest absolute Gasteiger partial charge is 0.211 e. The molecule has 3 heterocycles. The molecule has 39 heavy (non-hydrogen) atoms. The molecular weight excluding hydrogens is 544 g/mol. The summed E-state index contributed by atoms with van der Waals surface area (Å²) in [7, 11) is -6.32. The zero-order chi connectivity index (χ0) is 28.3. The summed E-state index contributed by atoms with van der Waals surface area (Å²) in [6.45, 7) is 7.16. The Hall–Kier alpha value is -1.14. The molecule has 3 saturated heterocycles. The van der Waals surface area contributed by atoms with E-state index < -0.39 is 31.5 Å². The molecule has 3 aliphatic heterocycles. The summed E-state index contributed by atoms with van der Waals surface area (Å²) < 4.78 is 79.5. The number of sulfone groups is 1. The van der Waals surface area contributed by atoms with Gasteiger partial charge in [-0.25, -0.2) is 29.9 Å². The molecule has 11 heteroatoms. The van der Waals surface area contributed by atoms with Crippen LogP contribution in [0.5, 0.6) is 0 Å². The fraction of sp³-hybridized carbons (Fsp3) is 0.786. The van der Waals surface area contributed by atoms with Crippen molar-refractivity contribution in [2.75, 3.05) is 57.8 Å². The van der Waals surface area contributed by atoms with Crippen molar-refractivity contribution in [2.24, 2.45) is 11.3 Å². The van der Waals surface area contributed by atoms with Gasteiger partial charge in [-0.2, -0.15) is 0 Å². The van der Waals surface area contributed by atoms with Crippen LogP contribution in [0, 0.1) is 23.0 Å². The van der Waals surface area contributed by atoms with Crippen LogP contribution in [0.2, 0.25) is 0 Å². The van der Waals surface area contributed by atoms with Crippen molar-refractivity contribution in [1.82, 2.24) is 14.5 Å². The number of halogens is 2. The van der Waals surface area contributed by atoms with Gasteiger partial charge in [-0.05, 0) is 119 Å². The minimum Gasteiger partial charge on any atom is -0.317 e. The molecule has 0 aromatic heterocycles. The number of piperidine rings is 3. The first-order valence-electron chi connectivity index (χ1n) is 14.4. The average Bonchev–Trinajstić information content (AvgIpc) is 2.89. The van der Waals surface area contributed by atoms with Crippen molar-refractivity contribution in [3.05, 3.63) is 35.4 Å². The zero-order valence-electron chi connectivity index (χ0n) is 23.4. The number of hydrogen-bond donors (Lipinski definition) is 1. The highest BCUT2D eigenvalue weighted by molar-refractivity contribution is 7.92. The quantitative estimate of drug-likeness (QED) is 0.447. The van der Waals surface area contributed by atoms with E-state index in [-0.39, 0.29) is 28.3 Å². The van der Waals surface area contributed by atoms with E-state index >= 15 is 0 Å². The van der Waals surface area contributed by atoms with Gasteiger partial charge in [0.05, 0.1) is 17.3 Å². The third-order valence-electron chi connectivity index (χ3n) is 9.45. The van der Waals surface area contributed by atoms with Gasteiger partial charge in [-0.1, -0.05) is 6.92 Å². The molecule has 1 aromatic carbocycles. The van der Waals surface area contributed by atoms with E-state index in [0.29, 0.717) is 50.8 Å². The molecule has 0 aliphatic carbocycles. The highest BCUT2D eigenvalue weighted by Gasteiger charge is 2.35. The minimum absolute atomic E-state index is 0.0000478. The average molecular weight is 590 g/mol. The Kier molecular flexibility index (Phi) is 10.1. The minimum atomic E-state index is -3.25. The van der Waals surface area contributed by atoms with Crippen molar-refractivity contribution in [2.45, 2.75) is 69.5 Å². The molecule has 3 fully saturated rings. The lowest BCUT2D eigenvalue weighted by Crippen LogP contribution is -2.42. The highest BCUT2D eigenvalue weighted by atomic mass is 32.2. The van der Waals surface area contributed by atoms with Crippen LogP contribution in [0.25, 0.3) is 0 Å². The maximum atomic E-state index is 14.1. The van der Waals surface area contributed by atoms with Gasteiger partial charge in [-0.3, -0.25) is 0 Å². The van der Waals surface area contributed by atoms with Gasteiger partial charge in [-0.15, -0.1) is 0 Å². The Morgan fingerprint density at radius 3 is 2.10 bits per heavy atom. The molecule has 4 rings (SSSR count). The van der Waals surface area contributed by atoms with E-state index in [1.165, 1.54) is 22.7 Å². The second-order valence-electron chi connectivity index (χ2n) is 12.3.